The van der Waals surface area contributed by atoms with Crippen LogP contribution in [-0.4, -0.2) is 54.7 Å². The van der Waals surface area contributed by atoms with Gasteiger partial charge in [0.15, 0.2) is 36.3 Å². The van der Waals surface area contributed by atoms with E-state index in [1.165, 1.54) is 21.3 Å². The maximum Gasteiger partial charge on any atom is 0.387 e. The lowest BCUT2D eigenvalue weighted by molar-refractivity contribution is 0.0973. The Labute approximate surface area is 230 Å². The molecule has 0 saturated heterocycles. The van der Waals surface area contributed by atoms with E-state index in [0.29, 0.717) is 29.9 Å². The number of hydrogen-bond acceptors (Lipinski definition) is 7. The third kappa shape index (κ3) is 9.50. The number of aliphatic hydroxyl groups excluding tert-OH is 1. The maximum absolute atomic E-state index is 13.4. The summed E-state index contributed by atoms with van der Waals surface area (Å²) in [5, 5.41) is 18.5. The van der Waals surface area contributed by atoms with E-state index in [-0.39, 0.29) is 41.3 Å². The van der Waals surface area contributed by atoms with Crippen LogP contribution in [0.25, 0.3) is 4.98 Å². The lowest BCUT2D eigenvalue weighted by atomic mass is 9.94. The average Bonchev–Trinajstić information content (AvgIpc) is 2.81. The Morgan fingerprint density at radius 1 is 1.08 bits per heavy atom. The van der Waals surface area contributed by atoms with E-state index in [4.69, 9.17) is 24.0 Å². The summed E-state index contributed by atoms with van der Waals surface area (Å²) in [6.45, 7) is 17.6. The van der Waals surface area contributed by atoms with Gasteiger partial charge in [0.25, 0.3) is 0 Å². The molecule has 38 heavy (non-hydrogen) atoms. The highest BCUT2D eigenvalue weighted by Crippen LogP contribution is 2.43. The van der Waals surface area contributed by atoms with Crippen LogP contribution in [0.15, 0.2) is 18.0 Å². The molecule has 0 aromatic heterocycles. The molecule has 1 unspecified atom stereocenters. The van der Waals surface area contributed by atoms with E-state index in [2.05, 4.69) is 69.9 Å². The zero-order chi connectivity index (χ0) is 29.3. The summed E-state index contributed by atoms with van der Waals surface area (Å²) in [6.07, 6.45) is 1.68. The van der Waals surface area contributed by atoms with Gasteiger partial charge in [-0.25, -0.2) is 0 Å². The quantitative estimate of drug-likeness (QED) is 0.0952. The van der Waals surface area contributed by atoms with E-state index >= 15 is 0 Å². The number of aliphatic hydroxyl groups is 1. The van der Waals surface area contributed by atoms with Crippen LogP contribution in [-0.2, 0) is 10.8 Å². The normalized spacial score (nSPS) is 13.2. The van der Waals surface area contributed by atoms with Crippen LogP contribution >= 0.6 is 0 Å². The summed E-state index contributed by atoms with van der Waals surface area (Å²) in [7, 11) is 0.748. The molecule has 1 N–H and O–H groups in total. The van der Waals surface area contributed by atoms with Crippen molar-refractivity contribution in [2.24, 2.45) is 0 Å². The second kappa shape index (κ2) is 13.8. The lowest BCUT2D eigenvalue weighted by Gasteiger charge is -2.38. The van der Waals surface area contributed by atoms with Crippen molar-refractivity contribution in [1.82, 2.24) is 0 Å². The predicted octanol–water partition coefficient (Wildman–Crippen LogP) is 7.13. The van der Waals surface area contributed by atoms with E-state index < -0.39 is 16.4 Å². The molecule has 0 heterocycles. The van der Waals surface area contributed by atoms with Gasteiger partial charge >= 0.3 is 6.20 Å². The van der Waals surface area contributed by atoms with Crippen molar-refractivity contribution in [3.05, 3.63) is 34.1 Å². The zero-order valence-corrected chi connectivity index (χ0v) is 26.9. The molecule has 0 aliphatic rings. The Bertz CT molecular complexity index is 1120. The number of carbonyl (C=O) groups is 1. The van der Waals surface area contributed by atoms with E-state index in [1.54, 1.807) is 6.07 Å². The first-order chi connectivity index (χ1) is 17.5. The molecule has 8 nitrogen and oxygen atoms in total. The summed E-state index contributed by atoms with van der Waals surface area (Å²) in [5.41, 5.74) is 4.55. The van der Waals surface area contributed by atoms with Gasteiger partial charge in [-0.2, -0.15) is 0 Å². The molecule has 1 rings (SSSR count). The first-order valence-corrected chi connectivity index (χ1v) is 19.2. The molecule has 210 valence electrons. The highest BCUT2D eigenvalue weighted by Gasteiger charge is 2.39. The van der Waals surface area contributed by atoms with Crippen molar-refractivity contribution in [3.8, 4) is 28.7 Å². The number of aryl methyl sites for hydroxylation is 1. The number of ether oxygens (including phenoxy) is 3. The van der Waals surface area contributed by atoms with Crippen molar-refractivity contribution >= 4 is 22.2 Å². The van der Waals surface area contributed by atoms with Crippen LogP contribution in [0, 0.1) is 16.9 Å². The van der Waals surface area contributed by atoms with Gasteiger partial charge in [-0.15, -0.1) is 5.54 Å². The lowest BCUT2D eigenvalue weighted by Crippen LogP contribution is -2.43. The van der Waals surface area contributed by atoms with Gasteiger partial charge in [0, 0.05) is 12.8 Å². The maximum atomic E-state index is 13.4. The average molecular weight is 562 g/mol. The van der Waals surface area contributed by atoms with Crippen molar-refractivity contribution in [2.45, 2.75) is 90.3 Å². The first kappa shape index (κ1) is 33.2. The number of ketones is 1. The minimum Gasteiger partial charge on any atom is -0.505 e. The molecule has 0 aliphatic carbocycles. The van der Waals surface area contributed by atoms with E-state index in [9.17, 15) is 9.90 Å². The Morgan fingerprint density at radius 2 is 1.68 bits per heavy atom. The van der Waals surface area contributed by atoms with Crippen LogP contribution < -0.4 is 14.2 Å². The molecule has 0 spiro atoms. The van der Waals surface area contributed by atoms with Gasteiger partial charge in [-0.3, -0.25) is 4.79 Å². The van der Waals surface area contributed by atoms with Crippen LogP contribution in [0.1, 0.15) is 56.0 Å². The molecule has 1 aromatic carbocycles. The van der Waals surface area contributed by atoms with E-state index in [0.717, 1.165) is 11.8 Å². The summed E-state index contributed by atoms with van der Waals surface area (Å²) >= 11 is 0. The summed E-state index contributed by atoms with van der Waals surface area (Å²) in [6, 6.07) is 1.79. The van der Waals surface area contributed by atoms with Gasteiger partial charge in [-0.1, -0.05) is 46.3 Å². The molecule has 0 amide bonds. The number of rotatable bonds is 12. The van der Waals surface area contributed by atoms with E-state index in [1.807, 2.05) is 0 Å². The monoisotopic (exact) mass is 561 g/mol. The van der Waals surface area contributed by atoms with Gasteiger partial charge in [0.2, 0.25) is 11.1 Å². The molecule has 10 heteroatoms. The Kier molecular flexibility index (Phi) is 12.1. The number of nitrogens with zero attached hydrogens (tertiary/aromatic N) is 2. The number of Topliss-reactive ketones (excluding diaryl/α,β-unsaturated/α-hetero) is 1. The fraction of sp³-hybridized carbons (Fsp3) is 0.607. The second-order valence-electron chi connectivity index (χ2n) is 11.8. The number of benzene rings is 1. The number of carbonyl (C=O) groups excluding carboxylic acids is 1. The molecule has 1 aromatic rings. The predicted molar refractivity (Wildman–Crippen MR) is 157 cm³/mol. The molecule has 0 aliphatic heterocycles. The van der Waals surface area contributed by atoms with Crippen molar-refractivity contribution in [1.29, 1.82) is 5.39 Å². The zero-order valence-electron chi connectivity index (χ0n) is 24.9. The number of diazo groups is 1. The fourth-order valence-electron chi connectivity index (χ4n) is 3.48. The minimum atomic E-state index is -2.11. The summed E-state index contributed by atoms with van der Waals surface area (Å²) < 4.78 is 23.4. The molecular weight excluding hydrogens is 516 g/mol. The highest BCUT2D eigenvalue weighted by molar-refractivity contribution is 6.83. The highest BCUT2D eigenvalue weighted by atomic mass is 28.4. The van der Waals surface area contributed by atoms with Crippen molar-refractivity contribution in [3.63, 3.8) is 0 Å². The summed E-state index contributed by atoms with van der Waals surface area (Å²) in [4.78, 5) is 16.2. The second-order valence-corrected chi connectivity index (χ2v) is 21.3. The minimum absolute atomic E-state index is 0.0125. The Morgan fingerprint density at radius 3 is 2.16 bits per heavy atom. The van der Waals surface area contributed by atoms with Crippen LogP contribution in [0.2, 0.25) is 37.8 Å². The van der Waals surface area contributed by atoms with Crippen molar-refractivity contribution in [2.75, 3.05) is 21.3 Å². The topological polar surface area (TPSA) is 102 Å². The SMILES string of the molecule is COc1cc(CCC(C#C[Si](C)(C)C)O[Si](C)(C)C(C)(C)C)c(C(=O)CC/C(O)=C\[N+]#N)c(OC)c1OC. The molecular formula is C28H45N2O6Si2+. The molecule has 1 atom stereocenters. The van der Waals surface area contributed by atoms with Crippen molar-refractivity contribution < 1.29 is 28.5 Å². The van der Waals surface area contributed by atoms with Gasteiger partial charge < -0.3 is 23.7 Å². The number of methoxy groups -OCH3 is 3. The third-order valence-electron chi connectivity index (χ3n) is 6.53. The summed E-state index contributed by atoms with van der Waals surface area (Å²) in [5.74, 6) is 4.02. The Hall–Kier alpha value is -2.80. The standard InChI is InChI=1S/C28H44N2O6Si2/c1-28(2,3)38(10,11)36-22(16-17-37(7,8)9)14-12-20-18-24(33-4)26(34-5)27(35-6)25(20)23(32)15-13-21(31)19-30-29/h18-19,22H,12-15H2,1-11H3/p+1/b21-19+. The van der Waals surface area contributed by atoms with Gasteiger partial charge in [-0.05, 0) is 42.6 Å². The number of allylic oxidation sites excluding steroid dienone is 1. The van der Waals surface area contributed by atoms with Gasteiger partial charge in [0.05, 0.1) is 26.9 Å². The molecule has 0 radical (unpaired) electrons. The van der Waals surface area contributed by atoms with Crippen LogP contribution in [0.5, 0.6) is 17.2 Å². The number of hydrogen-bond donors (Lipinski definition) is 1. The molecule has 0 bridgehead atoms. The third-order valence-corrected chi connectivity index (χ3v) is 11.9. The fourth-order valence-corrected chi connectivity index (χ4v) is 5.32. The van der Waals surface area contributed by atoms with Gasteiger partial charge in [0.1, 0.15) is 14.2 Å². The molecule has 0 fully saturated rings. The first-order valence-electron chi connectivity index (χ1n) is 12.8. The Balaban J connectivity index is 3.55. The van der Waals surface area contributed by atoms with Crippen LogP contribution in [0.3, 0.4) is 0 Å². The molecule has 0 saturated carbocycles. The smallest absolute Gasteiger partial charge is 0.387 e. The van der Waals surface area contributed by atoms with Crippen LogP contribution in [0.4, 0.5) is 0 Å². The largest absolute Gasteiger partial charge is 0.505 e.